The van der Waals surface area contributed by atoms with E-state index in [0.717, 1.165) is 5.56 Å². The number of benzene rings is 2. The quantitative estimate of drug-likeness (QED) is 0.739. The molecule has 1 N–H and O–H groups in total. The molecule has 0 spiro atoms. The number of fused-ring (bicyclic) bond motifs is 1. The van der Waals surface area contributed by atoms with Gasteiger partial charge in [0.1, 0.15) is 5.82 Å². The van der Waals surface area contributed by atoms with Gasteiger partial charge in [0.15, 0.2) is 0 Å². The molecule has 2 aromatic carbocycles. The van der Waals surface area contributed by atoms with Gasteiger partial charge in [0, 0.05) is 42.8 Å². The number of halogens is 1. The van der Waals surface area contributed by atoms with Crippen LogP contribution in [-0.4, -0.2) is 53.0 Å². The first-order chi connectivity index (χ1) is 14.0. The first-order valence-corrected chi connectivity index (χ1v) is 9.22. The predicted molar refractivity (Wildman–Crippen MR) is 105 cm³/mol. The van der Waals surface area contributed by atoms with Crippen molar-refractivity contribution < 1.29 is 18.7 Å². The molecule has 29 heavy (non-hydrogen) atoms. The molecule has 0 atom stereocenters. The number of ether oxygens (including phenoxy) is 1. The average molecular weight is 394 g/mol. The van der Waals surface area contributed by atoms with Crippen molar-refractivity contribution in [2.24, 2.45) is 0 Å². The Balaban J connectivity index is 1.59. The molecular weight excluding hydrogens is 375 g/mol. The number of hydrogen-bond acceptors (Lipinski definition) is 5. The van der Waals surface area contributed by atoms with Gasteiger partial charge < -0.3 is 15.0 Å². The molecule has 0 unspecified atom stereocenters. The van der Waals surface area contributed by atoms with Crippen molar-refractivity contribution in [3.05, 3.63) is 65.2 Å². The van der Waals surface area contributed by atoms with E-state index in [2.05, 4.69) is 15.3 Å². The van der Waals surface area contributed by atoms with E-state index >= 15 is 0 Å². The summed E-state index contributed by atoms with van der Waals surface area (Å²) in [5.74, 6) is -1.43. The normalized spacial score (nSPS) is 14.1. The zero-order valence-corrected chi connectivity index (χ0v) is 15.8. The van der Waals surface area contributed by atoms with Crippen LogP contribution in [0.15, 0.2) is 42.7 Å². The highest BCUT2D eigenvalue weighted by molar-refractivity contribution is 6.07. The number of aromatic nitrogens is 2. The van der Waals surface area contributed by atoms with E-state index in [1.165, 1.54) is 24.5 Å². The SMILES string of the molecule is Cc1ccc(NC(=O)c2cc3nccnc3cc2F)cc1C(=O)N1CCOCC1. The average Bonchev–Trinajstić information content (AvgIpc) is 2.74. The van der Waals surface area contributed by atoms with E-state index in [4.69, 9.17) is 4.74 Å². The van der Waals surface area contributed by atoms with Gasteiger partial charge in [-0.25, -0.2) is 4.39 Å². The van der Waals surface area contributed by atoms with Gasteiger partial charge in [-0.3, -0.25) is 19.6 Å². The minimum atomic E-state index is -0.688. The number of carbonyl (C=O) groups is 2. The first kappa shape index (κ1) is 18.9. The summed E-state index contributed by atoms with van der Waals surface area (Å²) in [5, 5.41) is 2.67. The number of anilines is 1. The lowest BCUT2D eigenvalue weighted by Crippen LogP contribution is -2.41. The van der Waals surface area contributed by atoms with Crippen LogP contribution in [0.3, 0.4) is 0 Å². The summed E-state index contributed by atoms with van der Waals surface area (Å²) in [7, 11) is 0. The Kier molecular flexibility index (Phi) is 5.18. The van der Waals surface area contributed by atoms with E-state index in [0.29, 0.717) is 48.6 Å². The Hall–Kier alpha value is -3.39. The topological polar surface area (TPSA) is 84.4 Å². The molecule has 1 aliphatic rings. The fourth-order valence-corrected chi connectivity index (χ4v) is 3.22. The van der Waals surface area contributed by atoms with Gasteiger partial charge in [0.2, 0.25) is 0 Å². The molecule has 0 saturated carbocycles. The second-order valence-electron chi connectivity index (χ2n) is 6.77. The monoisotopic (exact) mass is 394 g/mol. The molecule has 8 heteroatoms. The standard InChI is InChI=1S/C21H19FN4O3/c1-13-2-3-14(10-15(13)21(28)26-6-8-29-9-7-26)25-20(27)16-11-18-19(12-17(16)22)24-5-4-23-18/h2-5,10-12H,6-9H2,1H3,(H,25,27). The van der Waals surface area contributed by atoms with Crippen LogP contribution in [0.25, 0.3) is 11.0 Å². The van der Waals surface area contributed by atoms with Crippen molar-refractivity contribution in [2.45, 2.75) is 6.92 Å². The fourth-order valence-electron chi connectivity index (χ4n) is 3.22. The lowest BCUT2D eigenvalue weighted by molar-refractivity contribution is 0.0302. The molecule has 1 fully saturated rings. The van der Waals surface area contributed by atoms with Crippen LogP contribution < -0.4 is 5.32 Å². The number of morpholine rings is 1. The fraction of sp³-hybridized carbons (Fsp3) is 0.238. The van der Waals surface area contributed by atoms with Crippen LogP contribution >= 0.6 is 0 Å². The molecule has 148 valence electrons. The van der Waals surface area contributed by atoms with Gasteiger partial charge in [-0.1, -0.05) is 6.07 Å². The van der Waals surface area contributed by atoms with Gasteiger partial charge in [-0.05, 0) is 30.7 Å². The van der Waals surface area contributed by atoms with Crippen molar-refractivity contribution in [3.63, 3.8) is 0 Å². The summed E-state index contributed by atoms with van der Waals surface area (Å²) in [6, 6.07) is 7.60. The van der Waals surface area contributed by atoms with Gasteiger partial charge >= 0.3 is 0 Å². The largest absolute Gasteiger partial charge is 0.378 e. The van der Waals surface area contributed by atoms with Crippen molar-refractivity contribution >= 4 is 28.5 Å². The minimum absolute atomic E-state index is 0.117. The third-order valence-electron chi connectivity index (χ3n) is 4.83. The molecule has 0 bridgehead atoms. The molecule has 0 aliphatic carbocycles. The number of rotatable bonds is 3. The number of amides is 2. The van der Waals surface area contributed by atoms with Crippen LogP contribution in [0.5, 0.6) is 0 Å². The van der Waals surface area contributed by atoms with Gasteiger partial charge in [-0.2, -0.15) is 0 Å². The van der Waals surface area contributed by atoms with E-state index in [1.807, 2.05) is 6.92 Å². The van der Waals surface area contributed by atoms with Crippen molar-refractivity contribution in [3.8, 4) is 0 Å². The highest BCUT2D eigenvalue weighted by Gasteiger charge is 2.21. The molecule has 2 amide bonds. The van der Waals surface area contributed by atoms with Gasteiger partial charge in [-0.15, -0.1) is 0 Å². The van der Waals surface area contributed by atoms with Crippen molar-refractivity contribution in [1.82, 2.24) is 14.9 Å². The zero-order chi connectivity index (χ0) is 20.4. The Labute approximate surface area is 166 Å². The van der Waals surface area contributed by atoms with E-state index < -0.39 is 11.7 Å². The second-order valence-corrected chi connectivity index (χ2v) is 6.77. The molecule has 1 aliphatic heterocycles. The third-order valence-corrected chi connectivity index (χ3v) is 4.83. The summed E-state index contributed by atoms with van der Waals surface area (Å²) < 4.78 is 19.7. The summed E-state index contributed by atoms with van der Waals surface area (Å²) in [4.78, 5) is 35.3. The Morgan fingerprint density at radius 2 is 1.72 bits per heavy atom. The van der Waals surface area contributed by atoms with Crippen molar-refractivity contribution in [2.75, 3.05) is 31.6 Å². The van der Waals surface area contributed by atoms with Crippen LogP contribution in [0, 0.1) is 12.7 Å². The zero-order valence-electron chi connectivity index (χ0n) is 15.8. The van der Waals surface area contributed by atoms with Gasteiger partial charge in [0.05, 0.1) is 29.8 Å². The van der Waals surface area contributed by atoms with E-state index in [-0.39, 0.29) is 11.5 Å². The maximum absolute atomic E-state index is 14.4. The molecule has 3 aromatic rings. The number of nitrogens with zero attached hydrogens (tertiary/aromatic N) is 3. The Morgan fingerprint density at radius 3 is 2.45 bits per heavy atom. The van der Waals surface area contributed by atoms with Gasteiger partial charge in [0.25, 0.3) is 11.8 Å². The van der Waals surface area contributed by atoms with Crippen LogP contribution in [0.4, 0.5) is 10.1 Å². The highest BCUT2D eigenvalue weighted by Crippen LogP contribution is 2.21. The lowest BCUT2D eigenvalue weighted by Gasteiger charge is -2.27. The molecule has 4 rings (SSSR count). The highest BCUT2D eigenvalue weighted by atomic mass is 19.1. The van der Waals surface area contributed by atoms with E-state index in [1.54, 1.807) is 23.1 Å². The molecule has 0 radical (unpaired) electrons. The maximum Gasteiger partial charge on any atom is 0.258 e. The minimum Gasteiger partial charge on any atom is -0.378 e. The summed E-state index contributed by atoms with van der Waals surface area (Å²) in [6.07, 6.45) is 2.94. The lowest BCUT2D eigenvalue weighted by atomic mass is 10.1. The molecule has 7 nitrogen and oxygen atoms in total. The van der Waals surface area contributed by atoms with Crippen LogP contribution in [0.2, 0.25) is 0 Å². The molecule has 1 saturated heterocycles. The predicted octanol–water partition coefficient (Wildman–Crippen LogP) is 2.80. The second kappa shape index (κ2) is 7.92. The van der Waals surface area contributed by atoms with E-state index in [9.17, 15) is 14.0 Å². The molecule has 1 aromatic heterocycles. The Bertz CT molecular complexity index is 1100. The number of nitrogens with one attached hydrogen (secondary N) is 1. The maximum atomic E-state index is 14.4. The first-order valence-electron chi connectivity index (χ1n) is 9.22. The summed E-state index contributed by atoms with van der Waals surface area (Å²) in [6.45, 7) is 3.90. The summed E-state index contributed by atoms with van der Waals surface area (Å²) >= 11 is 0. The molecular formula is C21H19FN4O3. The van der Waals surface area contributed by atoms with Crippen LogP contribution in [-0.2, 0) is 4.74 Å². The third kappa shape index (κ3) is 3.93. The van der Waals surface area contributed by atoms with Crippen molar-refractivity contribution in [1.29, 1.82) is 0 Å². The molecule has 2 heterocycles. The number of aryl methyl sites for hydroxylation is 1. The number of hydrogen-bond donors (Lipinski definition) is 1. The van der Waals surface area contributed by atoms with Crippen LogP contribution in [0.1, 0.15) is 26.3 Å². The Morgan fingerprint density at radius 1 is 1.03 bits per heavy atom. The smallest absolute Gasteiger partial charge is 0.258 e. The summed E-state index contributed by atoms with van der Waals surface area (Å²) in [5.41, 5.74) is 2.36. The number of carbonyl (C=O) groups excluding carboxylic acids is 2.